The standard InChI is InChI=1S/C10H16O4/c1-7(11)8(2)12-5-9-6-13-10(3,4)14-9/h9H,2,5-6H2,1,3-4H3/t9-/m1/s1. The average Bonchev–Trinajstić information content (AvgIpc) is 2.41. The quantitative estimate of drug-likeness (QED) is 0.506. The minimum atomic E-state index is -0.550. The molecular formula is C10H16O4. The smallest absolute Gasteiger partial charge is 0.193 e. The zero-order valence-electron chi connectivity index (χ0n) is 8.83. The lowest BCUT2D eigenvalue weighted by Gasteiger charge is -2.17. The summed E-state index contributed by atoms with van der Waals surface area (Å²) in [6.07, 6.45) is -0.124. The van der Waals surface area contributed by atoms with Gasteiger partial charge < -0.3 is 14.2 Å². The largest absolute Gasteiger partial charge is 0.488 e. The van der Waals surface area contributed by atoms with E-state index in [4.69, 9.17) is 14.2 Å². The van der Waals surface area contributed by atoms with Crippen LogP contribution in [0.5, 0.6) is 0 Å². The maximum Gasteiger partial charge on any atom is 0.193 e. The molecule has 0 bridgehead atoms. The molecule has 0 aromatic rings. The lowest BCUT2D eigenvalue weighted by atomic mass is 10.3. The molecule has 1 saturated heterocycles. The number of Topliss-reactive ketones (excluding diaryl/α,β-unsaturated/α-hetero) is 1. The Labute approximate surface area is 83.8 Å². The molecule has 0 radical (unpaired) electrons. The van der Waals surface area contributed by atoms with Gasteiger partial charge in [-0.2, -0.15) is 0 Å². The third kappa shape index (κ3) is 3.12. The van der Waals surface area contributed by atoms with Gasteiger partial charge in [0.2, 0.25) is 0 Å². The van der Waals surface area contributed by atoms with Crippen LogP contribution >= 0.6 is 0 Å². The highest BCUT2D eigenvalue weighted by atomic mass is 16.7. The summed E-state index contributed by atoms with van der Waals surface area (Å²) in [6.45, 7) is 9.37. The Morgan fingerprint density at radius 3 is 2.71 bits per heavy atom. The second kappa shape index (κ2) is 4.11. The Hall–Kier alpha value is -0.870. The van der Waals surface area contributed by atoms with E-state index in [1.807, 2.05) is 13.8 Å². The predicted octanol–water partition coefficient (Wildman–Crippen LogP) is 1.26. The molecule has 4 nitrogen and oxygen atoms in total. The minimum absolute atomic E-state index is 0.124. The molecule has 0 N–H and O–H groups in total. The van der Waals surface area contributed by atoms with Crippen molar-refractivity contribution in [2.75, 3.05) is 13.2 Å². The van der Waals surface area contributed by atoms with Crippen LogP contribution in [0.3, 0.4) is 0 Å². The van der Waals surface area contributed by atoms with Gasteiger partial charge >= 0.3 is 0 Å². The third-order valence-corrected chi connectivity index (χ3v) is 1.90. The number of carbonyl (C=O) groups excluding carboxylic acids is 1. The normalized spacial score (nSPS) is 24.6. The number of carbonyl (C=O) groups is 1. The van der Waals surface area contributed by atoms with Gasteiger partial charge in [0, 0.05) is 6.92 Å². The molecule has 1 heterocycles. The van der Waals surface area contributed by atoms with Crippen molar-refractivity contribution in [2.24, 2.45) is 0 Å². The van der Waals surface area contributed by atoms with E-state index < -0.39 is 5.79 Å². The van der Waals surface area contributed by atoms with Gasteiger partial charge in [0.1, 0.15) is 12.7 Å². The molecule has 0 saturated carbocycles. The summed E-state index contributed by atoms with van der Waals surface area (Å²) in [5, 5.41) is 0. The van der Waals surface area contributed by atoms with Gasteiger partial charge in [-0.25, -0.2) is 0 Å². The molecule has 4 heteroatoms. The molecule has 1 aliphatic heterocycles. The van der Waals surface area contributed by atoms with Gasteiger partial charge in [-0.3, -0.25) is 4.79 Å². The summed E-state index contributed by atoms with van der Waals surface area (Å²) in [5.74, 6) is -0.549. The molecule has 0 amide bonds. The van der Waals surface area contributed by atoms with E-state index in [-0.39, 0.29) is 17.6 Å². The summed E-state index contributed by atoms with van der Waals surface area (Å²) >= 11 is 0. The van der Waals surface area contributed by atoms with Crippen LogP contribution in [0.1, 0.15) is 20.8 Å². The predicted molar refractivity (Wildman–Crippen MR) is 50.7 cm³/mol. The topological polar surface area (TPSA) is 44.8 Å². The molecular weight excluding hydrogens is 184 g/mol. The van der Waals surface area contributed by atoms with Crippen molar-refractivity contribution in [1.29, 1.82) is 0 Å². The summed E-state index contributed by atoms with van der Waals surface area (Å²) in [5.41, 5.74) is 0. The van der Waals surface area contributed by atoms with E-state index >= 15 is 0 Å². The van der Waals surface area contributed by atoms with Gasteiger partial charge in [0.25, 0.3) is 0 Å². The fourth-order valence-electron chi connectivity index (χ4n) is 1.14. The number of rotatable bonds is 4. The molecule has 1 aliphatic rings. The summed E-state index contributed by atoms with van der Waals surface area (Å²) in [6, 6.07) is 0. The summed E-state index contributed by atoms with van der Waals surface area (Å²) in [7, 11) is 0. The maximum atomic E-state index is 10.8. The van der Waals surface area contributed by atoms with Gasteiger partial charge in [0.05, 0.1) is 6.61 Å². The Balaban J connectivity index is 2.27. The molecule has 1 atom stereocenters. The van der Waals surface area contributed by atoms with Gasteiger partial charge in [0.15, 0.2) is 17.3 Å². The molecule has 0 spiro atoms. The Morgan fingerprint density at radius 1 is 1.64 bits per heavy atom. The van der Waals surface area contributed by atoms with Crippen molar-refractivity contribution < 1.29 is 19.0 Å². The molecule has 0 aromatic heterocycles. The molecule has 80 valence electrons. The lowest BCUT2D eigenvalue weighted by Crippen LogP contribution is -2.24. The molecule has 14 heavy (non-hydrogen) atoms. The molecule has 1 rings (SSSR count). The van der Waals surface area contributed by atoms with E-state index in [1.165, 1.54) is 6.92 Å². The van der Waals surface area contributed by atoms with E-state index in [1.54, 1.807) is 0 Å². The van der Waals surface area contributed by atoms with Crippen molar-refractivity contribution in [3.63, 3.8) is 0 Å². The van der Waals surface area contributed by atoms with Crippen LogP contribution < -0.4 is 0 Å². The van der Waals surface area contributed by atoms with Gasteiger partial charge in [-0.15, -0.1) is 0 Å². The van der Waals surface area contributed by atoms with E-state index in [0.717, 1.165) is 0 Å². The number of hydrogen-bond acceptors (Lipinski definition) is 4. The van der Waals surface area contributed by atoms with E-state index in [2.05, 4.69) is 6.58 Å². The minimum Gasteiger partial charge on any atom is -0.488 e. The fourth-order valence-corrected chi connectivity index (χ4v) is 1.14. The SMILES string of the molecule is C=C(OC[C@@H]1COC(C)(C)O1)C(C)=O. The van der Waals surface area contributed by atoms with Crippen molar-refractivity contribution in [1.82, 2.24) is 0 Å². The van der Waals surface area contributed by atoms with Crippen LogP contribution in [0.2, 0.25) is 0 Å². The first-order valence-electron chi connectivity index (χ1n) is 4.55. The number of ether oxygens (including phenoxy) is 3. The highest BCUT2D eigenvalue weighted by molar-refractivity contribution is 5.90. The number of allylic oxidation sites excluding steroid dienone is 1. The van der Waals surface area contributed by atoms with Crippen molar-refractivity contribution >= 4 is 5.78 Å². The van der Waals surface area contributed by atoms with Crippen LogP contribution in [0.4, 0.5) is 0 Å². The number of ketones is 1. The molecule has 1 fully saturated rings. The number of hydrogen-bond donors (Lipinski definition) is 0. The highest BCUT2D eigenvalue weighted by Gasteiger charge is 2.33. The Kier molecular flexibility index (Phi) is 3.29. The van der Waals surface area contributed by atoms with Gasteiger partial charge in [-0.05, 0) is 13.8 Å². The van der Waals surface area contributed by atoms with E-state index in [0.29, 0.717) is 13.2 Å². The molecule has 0 aromatic carbocycles. The zero-order chi connectivity index (χ0) is 10.8. The van der Waals surface area contributed by atoms with Crippen molar-refractivity contribution in [3.8, 4) is 0 Å². The van der Waals surface area contributed by atoms with Crippen LogP contribution in [0.25, 0.3) is 0 Å². The maximum absolute atomic E-state index is 10.8. The Bertz CT molecular complexity index is 245. The molecule has 0 aliphatic carbocycles. The average molecular weight is 200 g/mol. The first-order valence-corrected chi connectivity index (χ1v) is 4.55. The summed E-state index contributed by atoms with van der Waals surface area (Å²) < 4.78 is 15.9. The fraction of sp³-hybridized carbons (Fsp3) is 0.700. The van der Waals surface area contributed by atoms with Crippen LogP contribution in [-0.4, -0.2) is 30.9 Å². The van der Waals surface area contributed by atoms with E-state index in [9.17, 15) is 4.79 Å². The molecule has 0 unspecified atom stereocenters. The third-order valence-electron chi connectivity index (χ3n) is 1.90. The van der Waals surface area contributed by atoms with Crippen molar-refractivity contribution in [2.45, 2.75) is 32.7 Å². The monoisotopic (exact) mass is 200 g/mol. The second-order valence-electron chi connectivity index (χ2n) is 3.74. The zero-order valence-corrected chi connectivity index (χ0v) is 8.83. The van der Waals surface area contributed by atoms with Crippen LogP contribution in [0.15, 0.2) is 12.3 Å². The van der Waals surface area contributed by atoms with Crippen LogP contribution in [-0.2, 0) is 19.0 Å². The first-order chi connectivity index (χ1) is 6.41. The van der Waals surface area contributed by atoms with Gasteiger partial charge in [-0.1, -0.05) is 6.58 Å². The van der Waals surface area contributed by atoms with Crippen molar-refractivity contribution in [3.05, 3.63) is 12.3 Å². The Morgan fingerprint density at radius 2 is 2.29 bits per heavy atom. The van der Waals surface area contributed by atoms with Crippen LogP contribution in [0, 0.1) is 0 Å². The first kappa shape index (κ1) is 11.2. The lowest BCUT2D eigenvalue weighted by molar-refractivity contribution is -0.143. The second-order valence-corrected chi connectivity index (χ2v) is 3.74. The highest BCUT2D eigenvalue weighted by Crippen LogP contribution is 2.22. The summed E-state index contributed by atoms with van der Waals surface area (Å²) in [4.78, 5) is 10.8.